The van der Waals surface area contributed by atoms with E-state index in [1.807, 2.05) is 11.7 Å². The fourth-order valence-corrected chi connectivity index (χ4v) is 3.37. The summed E-state index contributed by atoms with van der Waals surface area (Å²) in [6, 6.07) is 0. The number of rotatable bonds is 5. The van der Waals surface area contributed by atoms with Gasteiger partial charge in [-0.05, 0) is 52.7 Å². The minimum atomic E-state index is 0.691. The topological polar surface area (TPSA) is 50.3 Å². The first-order valence-corrected chi connectivity index (χ1v) is 7.65. The third kappa shape index (κ3) is 3.33. The first kappa shape index (κ1) is 15.3. The number of aryl methyl sites for hydroxylation is 2. The molecule has 1 aliphatic rings. The lowest BCUT2D eigenvalue weighted by atomic mass is 9.96. The molecular weight excluding hydrogens is 250 g/mol. The van der Waals surface area contributed by atoms with Crippen LogP contribution in [0.15, 0.2) is 0 Å². The van der Waals surface area contributed by atoms with Crippen molar-refractivity contribution in [3.05, 3.63) is 11.3 Å². The largest absolute Gasteiger partial charge is 0.357 e. The lowest BCUT2D eigenvalue weighted by Gasteiger charge is -2.35. The number of hydrogen-bond acceptors (Lipinski definition) is 4. The van der Waals surface area contributed by atoms with Crippen LogP contribution in [0.4, 0.5) is 5.82 Å². The second-order valence-electron chi connectivity index (χ2n) is 6.24. The molecule has 0 bridgehead atoms. The SMILES string of the molecule is Cc1nn(C)c(N2CCC(CN(C)C)CC2)c1CCN. The van der Waals surface area contributed by atoms with Gasteiger partial charge in [0.15, 0.2) is 0 Å². The van der Waals surface area contributed by atoms with Crippen LogP contribution in [0.1, 0.15) is 24.1 Å². The monoisotopic (exact) mass is 279 g/mol. The van der Waals surface area contributed by atoms with Gasteiger partial charge in [-0.15, -0.1) is 0 Å². The molecule has 5 nitrogen and oxygen atoms in total. The molecule has 1 aliphatic heterocycles. The van der Waals surface area contributed by atoms with Gasteiger partial charge in [-0.25, -0.2) is 0 Å². The van der Waals surface area contributed by atoms with Crippen molar-refractivity contribution in [3.63, 3.8) is 0 Å². The molecule has 1 fully saturated rings. The van der Waals surface area contributed by atoms with Crippen LogP contribution in [-0.2, 0) is 13.5 Å². The van der Waals surface area contributed by atoms with E-state index in [4.69, 9.17) is 5.73 Å². The van der Waals surface area contributed by atoms with E-state index in [0.717, 1.165) is 31.1 Å². The fourth-order valence-electron chi connectivity index (χ4n) is 3.37. The Labute approximate surface area is 122 Å². The summed E-state index contributed by atoms with van der Waals surface area (Å²) in [5.41, 5.74) is 8.22. The highest BCUT2D eigenvalue weighted by molar-refractivity contribution is 5.50. The molecule has 0 atom stereocenters. The summed E-state index contributed by atoms with van der Waals surface area (Å²) in [6.45, 7) is 6.25. The average Bonchev–Trinajstić information content (AvgIpc) is 2.65. The van der Waals surface area contributed by atoms with E-state index < -0.39 is 0 Å². The molecule has 1 aromatic heterocycles. The second-order valence-corrected chi connectivity index (χ2v) is 6.24. The standard InChI is InChI=1S/C15H29N5/c1-12-14(5-8-16)15(19(4)17-12)20-9-6-13(7-10-20)11-18(2)3/h13H,5-11,16H2,1-4H3. The predicted octanol–water partition coefficient (Wildman–Crippen LogP) is 1.01. The van der Waals surface area contributed by atoms with Gasteiger partial charge >= 0.3 is 0 Å². The number of piperidine rings is 1. The molecule has 2 N–H and O–H groups in total. The summed E-state index contributed by atoms with van der Waals surface area (Å²) in [7, 11) is 6.38. The van der Waals surface area contributed by atoms with Crippen molar-refractivity contribution in [1.82, 2.24) is 14.7 Å². The summed E-state index contributed by atoms with van der Waals surface area (Å²) >= 11 is 0. The smallest absolute Gasteiger partial charge is 0.130 e. The number of aromatic nitrogens is 2. The van der Waals surface area contributed by atoms with E-state index >= 15 is 0 Å². The van der Waals surface area contributed by atoms with Crippen molar-refractivity contribution in [1.29, 1.82) is 0 Å². The normalized spacial score (nSPS) is 17.2. The molecule has 0 unspecified atom stereocenters. The van der Waals surface area contributed by atoms with Crippen molar-refractivity contribution in [2.45, 2.75) is 26.2 Å². The van der Waals surface area contributed by atoms with Gasteiger partial charge < -0.3 is 15.5 Å². The summed E-state index contributed by atoms with van der Waals surface area (Å²) in [5.74, 6) is 2.12. The predicted molar refractivity (Wildman–Crippen MR) is 84.2 cm³/mol. The zero-order chi connectivity index (χ0) is 14.7. The highest BCUT2D eigenvalue weighted by Crippen LogP contribution is 2.28. The molecule has 0 amide bonds. The van der Waals surface area contributed by atoms with Gasteiger partial charge in [-0.1, -0.05) is 0 Å². The Hall–Kier alpha value is -1.07. The van der Waals surface area contributed by atoms with Crippen LogP contribution >= 0.6 is 0 Å². The van der Waals surface area contributed by atoms with Crippen LogP contribution in [-0.4, -0.2) is 55.0 Å². The van der Waals surface area contributed by atoms with E-state index in [0.29, 0.717) is 6.54 Å². The van der Waals surface area contributed by atoms with Gasteiger partial charge in [0, 0.05) is 32.2 Å². The molecule has 0 aromatic carbocycles. The molecule has 5 heteroatoms. The highest BCUT2D eigenvalue weighted by atomic mass is 15.4. The lowest BCUT2D eigenvalue weighted by molar-refractivity contribution is 0.284. The first-order valence-electron chi connectivity index (χ1n) is 7.65. The van der Waals surface area contributed by atoms with Gasteiger partial charge in [0.05, 0.1) is 5.69 Å². The Kier molecular flexibility index (Phi) is 5.05. The minimum Gasteiger partial charge on any atom is -0.357 e. The third-order valence-corrected chi connectivity index (χ3v) is 4.24. The Bertz CT molecular complexity index is 430. The molecule has 114 valence electrons. The zero-order valence-electron chi connectivity index (χ0n) is 13.4. The Morgan fingerprint density at radius 2 is 1.95 bits per heavy atom. The molecule has 0 aliphatic carbocycles. The van der Waals surface area contributed by atoms with Crippen LogP contribution < -0.4 is 10.6 Å². The van der Waals surface area contributed by atoms with Crippen molar-refractivity contribution in [3.8, 4) is 0 Å². The Morgan fingerprint density at radius 1 is 1.30 bits per heavy atom. The number of nitrogens with two attached hydrogens (primary N) is 1. The Balaban J connectivity index is 2.06. The third-order valence-electron chi connectivity index (χ3n) is 4.24. The molecule has 0 saturated carbocycles. The van der Waals surface area contributed by atoms with Crippen molar-refractivity contribution >= 4 is 5.82 Å². The van der Waals surface area contributed by atoms with Crippen molar-refractivity contribution in [2.75, 3.05) is 45.2 Å². The number of hydrogen-bond donors (Lipinski definition) is 1. The molecule has 1 aromatic rings. The summed E-state index contributed by atoms with van der Waals surface area (Å²) in [4.78, 5) is 4.80. The van der Waals surface area contributed by atoms with E-state index in [-0.39, 0.29) is 0 Å². The summed E-state index contributed by atoms with van der Waals surface area (Å²) < 4.78 is 2.03. The van der Waals surface area contributed by atoms with Crippen LogP contribution in [0.2, 0.25) is 0 Å². The van der Waals surface area contributed by atoms with Crippen molar-refractivity contribution < 1.29 is 0 Å². The summed E-state index contributed by atoms with van der Waals surface area (Å²) in [5, 5.41) is 4.58. The van der Waals surface area contributed by atoms with Gasteiger partial charge in [0.1, 0.15) is 5.82 Å². The molecule has 1 saturated heterocycles. The van der Waals surface area contributed by atoms with Gasteiger partial charge in [-0.2, -0.15) is 5.10 Å². The lowest BCUT2D eigenvalue weighted by Crippen LogP contribution is -2.38. The van der Waals surface area contributed by atoms with Gasteiger partial charge in [0.25, 0.3) is 0 Å². The van der Waals surface area contributed by atoms with Gasteiger partial charge in [-0.3, -0.25) is 4.68 Å². The maximum atomic E-state index is 5.75. The first-order chi connectivity index (χ1) is 9.52. The fraction of sp³-hybridized carbons (Fsp3) is 0.800. The zero-order valence-corrected chi connectivity index (χ0v) is 13.4. The van der Waals surface area contributed by atoms with E-state index in [9.17, 15) is 0 Å². The van der Waals surface area contributed by atoms with E-state index in [2.05, 4.69) is 35.9 Å². The average molecular weight is 279 g/mol. The maximum absolute atomic E-state index is 5.75. The molecule has 20 heavy (non-hydrogen) atoms. The quantitative estimate of drug-likeness (QED) is 0.874. The summed E-state index contributed by atoms with van der Waals surface area (Å²) in [6.07, 6.45) is 3.46. The molecular formula is C15H29N5. The number of anilines is 1. The van der Waals surface area contributed by atoms with Crippen molar-refractivity contribution in [2.24, 2.45) is 18.7 Å². The van der Waals surface area contributed by atoms with Crippen LogP contribution in [0, 0.1) is 12.8 Å². The highest BCUT2D eigenvalue weighted by Gasteiger charge is 2.24. The Morgan fingerprint density at radius 3 is 2.50 bits per heavy atom. The van der Waals surface area contributed by atoms with Crippen LogP contribution in [0.3, 0.4) is 0 Å². The van der Waals surface area contributed by atoms with Crippen LogP contribution in [0.5, 0.6) is 0 Å². The molecule has 0 spiro atoms. The second kappa shape index (κ2) is 6.59. The maximum Gasteiger partial charge on any atom is 0.130 e. The van der Waals surface area contributed by atoms with Gasteiger partial charge in [0.2, 0.25) is 0 Å². The van der Waals surface area contributed by atoms with E-state index in [1.54, 1.807) is 0 Å². The van der Waals surface area contributed by atoms with E-state index in [1.165, 1.54) is 30.8 Å². The number of nitrogens with zero attached hydrogens (tertiary/aromatic N) is 4. The molecule has 0 radical (unpaired) electrons. The molecule has 2 heterocycles. The van der Waals surface area contributed by atoms with Crippen LogP contribution in [0.25, 0.3) is 0 Å². The molecule has 2 rings (SSSR count). The minimum absolute atomic E-state index is 0.691.